The molecule has 1 atom stereocenters. The van der Waals surface area contributed by atoms with E-state index in [0.717, 1.165) is 56.4 Å². The molecule has 0 aliphatic heterocycles. The fourth-order valence-electron chi connectivity index (χ4n) is 2.92. The van der Waals surface area contributed by atoms with E-state index < -0.39 is 29.6 Å². The minimum absolute atomic E-state index is 0.0142. The van der Waals surface area contributed by atoms with Gasteiger partial charge in [0.25, 0.3) is 5.91 Å². The molecule has 7 heteroatoms. The number of nitrogens with one attached hydrogen (secondary N) is 1. The van der Waals surface area contributed by atoms with E-state index in [4.69, 9.17) is 5.73 Å². The number of amides is 2. The first-order valence-electron chi connectivity index (χ1n) is 7.56. The van der Waals surface area contributed by atoms with Gasteiger partial charge < -0.3 is 11.1 Å². The van der Waals surface area contributed by atoms with Crippen LogP contribution >= 0.6 is 0 Å². The molecule has 0 heterocycles. The van der Waals surface area contributed by atoms with Gasteiger partial charge in [0.05, 0.1) is 5.56 Å². The highest BCUT2D eigenvalue weighted by molar-refractivity contribution is 5.97. The average molecular weight is 328 g/mol. The molecule has 126 valence electrons. The van der Waals surface area contributed by atoms with Crippen molar-refractivity contribution in [3.05, 3.63) is 35.4 Å². The molecule has 0 saturated heterocycles. The molecule has 1 saturated carbocycles. The van der Waals surface area contributed by atoms with Gasteiger partial charge >= 0.3 is 6.18 Å². The molecule has 0 unspecified atom stereocenters. The summed E-state index contributed by atoms with van der Waals surface area (Å²) < 4.78 is 37.6. The number of hydrogen-bond acceptors (Lipinski definition) is 2. The third kappa shape index (κ3) is 4.46. The monoisotopic (exact) mass is 328 g/mol. The van der Waals surface area contributed by atoms with Crippen molar-refractivity contribution in [3.8, 4) is 0 Å². The van der Waals surface area contributed by atoms with Crippen molar-refractivity contribution in [2.75, 3.05) is 0 Å². The smallest absolute Gasteiger partial charge is 0.368 e. The molecule has 1 aromatic rings. The van der Waals surface area contributed by atoms with Crippen molar-refractivity contribution in [2.24, 2.45) is 11.7 Å². The molecule has 0 bridgehead atoms. The lowest BCUT2D eigenvalue weighted by Gasteiger charge is -2.28. The summed E-state index contributed by atoms with van der Waals surface area (Å²) >= 11 is 0. The van der Waals surface area contributed by atoms with Gasteiger partial charge in [-0.1, -0.05) is 19.3 Å². The molecule has 1 aromatic carbocycles. The first-order valence-corrected chi connectivity index (χ1v) is 7.56. The maximum Gasteiger partial charge on any atom is 0.416 e. The number of primary amides is 1. The average Bonchev–Trinajstić information content (AvgIpc) is 2.52. The number of carbonyl (C=O) groups is 2. The first kappa shape index (κ1) is 17.3. The summed E-state index contributed by atoms with van der Waals surface area (Å²) in [5.74, 6) is -1.22. The van der Waals surface area contributed by atoms with Gasteiger partial charge in [-0.3, -0.25) is 9.59 Å². The standard InChI is InChI=1S/C16H19F3N2O2/c17-16(18,19)12-8-6-11(7-9-12)15(23)21-13(14(20)22)10-4-2-1-3-5-10/h6-10,13H,1-5H2,(H2,20,22)(H,21,23)/t13-/m0/s1. The van der Waals surface area contributed by atoms with Gasteiger partial charge in [-0.15, -0.1) is 0 Å². The van der Waals surface area contributed by atoms with Gasteiger partial charge in [-0.2, -0.15) is 13.2 Å². The number of nitrogens with two attached hydrogens (primary N) is 1. The summed E-state index contributed by atoms with van der Waals surface area (Å²) in [6.45, 7) is 0. The normalized spacial score (nSPS) is 17.5. The molecule has 1 aliphatic rings. The Kier molecular flexibility index (Phi) is 5.28. The molecule has 23 heavy (non-hydrogen) atoms. The third-order valence-corrected chi connectivity index (χ3v) is 4.19. The van der Waals surface area contributed by atoms with Gasteiger partial charge in [-0.25, -0.2) is 0 Å². The first-order chi connectivity index (χ1) is 10.8. The highest BCUT2D eigenvalue weighted by atomic mass is 19.4. The number of alkyl halides is 3. The van der Waals surface area contributed by atoms with Crippen molar-refractivity contribution < 1.29 is 22.8 Å². The fourth-order valence-corrected chi connectivity index (χ4v) is 2.92. The quantitative estimate of drug-likeness (QED) is 0.892. The van der Waals surface area contributed by atoms with Crippen LogP contribution in [0.1, 0.15) is 48.0 Å². The zero-order valence-electron chi connectivity index (χ0n) is 12.5. The Bertz CT molecular complexity index is 564. The second-order valence-electron chi connectivity index (χ2n) is 5.83. The third-order valence-electron chi connectivity index (χ3n) is 4.19. The molecule has 1 fully saturated rings. The van der Waals surface area contributed by atoms with Crippen LogP contribution in [-0.2, 0) is 11.0 Å². The Morgan fingerprint density at radius 2 is 1.65 bits per heavy atom. The number of carbonyl (C=O) groups excluding carboxylic acids is 2. The number of rotatable bonds is 4. The maximum absolute atomic E-state index is 12.5. The largest absolute Gasteiger partial charge is 0.416 e. The zero-order chi connectivity index (χ0) is 17.0. The molecule has 3 N–H and O–H groups in total. The maximum atomic E-state index is 12.5. The summed E-state index contributed by atoms with van der Waals surface area (Å²) in [4.78, 5) is 23.8. The van der Waals surface area contributed by atoms with E-state index in [2.05, 4.69) is 5.32 Å². The summed E-state index contributed by atoms with van der Waals surface area (Å²) in [5, 5.41) is 2.57. The fraction of sp³-hybridized carbons (Fsp3) is 0.500. The number of halogens is 3. The SMILES string of the molecule is NC(=O)[C@@H](NC(=O)c1ccc(C(F)(F)F)cc1)C1CCCCC1. The molecule has 0 spiro atoms. The Morgan fingerprint density at radius 3 is 2.13 bits per heavy atom. The minimum atomic E-state index is -4.45. The Morgan fingerprint density at radius 1 is 1.09 bits per heavy atom. The molecule has 0 aromatic heterocycles. The van der Waals surface area contributed by atoms with E-state index >= 15 is 0 Å². The zero-order valence-corrected chi connectivity index (χ0v) is 12.5. The van der Waals surface area contributed by atoms with Crippen LogP contribution in [0.5, 0.6) is 0 Å². The highest BCUT2D eigenvalue weighted by Gasteiger charge is 2.31. The molecular weight excluding hydrogens is 309 g/mol. The molecule has 0 radical (unpaired) electrons. The Balaban J connectivity index is 2.07. The van der Waals surface area contributed by atoms with Crippen molar-refractivity contribution in [1.82, 2.24) is 5.32 Å². The lowest BCUT2D eigenvalue weighted by Crippen LogP contribution is -2.49. The summed E-state index contributed by atoms with van der Waals surface area (Å²) in [7, 11) is 0. The second kappa shape index (κ2) is 7.02. The topological polar surface area (TPSA) is 72.2 Å². The van der Waals surface area contributed by atoms with Crippen molar-refractivity contribution in [3.63, 3.8) is 0 Å². The van der Waals surface area contributed by atoms with Crippen LogP contribution < -0.4 is 11.1 Å². The van der Waals surface area contributed by atoms with Gasteiger partial charge in [0, 0.05) is 5.56 Å². The number of hydrogen-bond donors (Lipinski definition) is 2. The molecule has 1 aliphatic carbocycles. The van der Waals surface area contributed by atoms with Gasteiger partial charge in [-0.05, 0) is 43.0 Å². The van der Waals surface area contributed by atoms with Crippen molar-refractivity contribution in [1.29, 1.82) is 0 Å². The van der Waals surface area contributed by atoms with Crippen LogP contribution in [0, 0.1) is 5.92 Å². The van der Waals surface area contributed by atoms with Crippen LogP contribution in [0.15, 0.2) is 24.3 Å². The van der Waals surface area contributed by atoms with E-state index in [9.17, 15) is 22.8 Å². The van der Waals surface area contributed by atoms with E-state index in [1.54, 1.807) is 0 Å². The predicted octanol–water partition coefficient (Wildman–Crippen LogP) is 2.87. The van der Waals surface area contributed by atoms with E-state index in [0.29, 0.717) is 0 Å². The van der Waals surface area contributed by atoms with E-state index in [-0.39, 0.29) is 11.5 Å². The lowest BCUT2D eigenvalue weighted by molar-refractivity contribution is -0.137. The van der Waals surface area contributed by atoms with Crippen molar-refractivity contribution in [2.45, 2.75) is 44.3 Å². The van der Waals surface area contributed by atoms with Crippen LogP contribution in [0.3, 0.4) is 0 Å². The van der Waals surface area contributed by atoms with Crippen LogP contribution in [0.4, 0.5) is 13.2 Å². The van der Waals surface area contributed by atoms with Gasteiger partial charge in [0.2, 0.25) is 5.91 Å². The second-order valence-corrected chi connectivity index (χ2v) is 5.83. The summed E-state index contributed by atoms with van der Waals surface area (Å²) in [5.41, 5.74) is 4.62. The summed E-state index contributed by atoms with van der Waals surface area (Å²) in [6, 6.07) is 3.09. The van der Waals surface area contributed by atoms with Gasteiger partial charge in [0.1, 0.15) is 6.04 Å². The Hall–Kier alpha value is -2.05. The minimum Gasteiger partial charge on any atom is -0.368 e. The lowest BCUT2D eigenvalue weighted by atomic mass is 9.83. The molecule has 2 rings (SSSR count). The van der Waals surface area contributed by atoms with E-state index in [1.807, 2.05) is 0 Å². The van der Waals surface area contributed by atoms with E-state index in [1.165, 1.54) is 0 Å². The molecular formula is C16H19F3N2O2. The van der Waals surface area contributed by atoms with Crippen LogP contribution in [0.2, 0.25) is 0 Å². The summed E-state index contributed by atoms with van der Waals surface area (Å²) in [6.07, 6.45) is 0.207. The van der Waals surface area contributed by atoms with Crippen LogP contribution in [-0.4, -0.2) is 17.9 Å². The Labute approximate surface area is 132 Å². The van der Waals surface area contributed by atoms with Crippen LogP contribution in [0.25, 0.3) is 0 Å². The number of benzene rings is 1. The van der Waals surface area contributed by atoms with Gasteiger partial charge in [0.15, 0.2) is 0 Å². The highest BCUT2D eigenvalue weighted by Crippen LogP contribution is 2.29. The van der Waals surface area contributed by atoms with Crippen molar-refractivity contribution >= 4 is 11.8 Å². The predicted molar refractivity (Wildman–Crippen MR) is 78.5 cm³/mol. The molecule has 2 amide bonds. The molecule has 4 nitrogen and oxygen atoms in total.